The largest absolute Gasteiger partial charge is 0.395 e. The van der Waals surface area contributed by atoms with Gasteiger partial charge in [0.2, 0.25) is 0 Å². The Balaban J connectivity index is 2.00. The van der Waals surface area contributed by atoms with Crippen LogP contribution in [0.15, 0.2) is 46.8 Å². The van der Waals surface area contributed by atoms with Crippen molar-refractivity contribution >= 4 is 39.1 Å². The molecule has 0 bridgehead atoms. The number of pyridine rings is 2. The van der Waals surface area contributed by atoms with Crippen molar-refractivity contribution in [2.45, 2.75) is 6.54 Å². The van der Waals surface area contributed by atoms with Gasteiger partial charge in [-0.2, -0.15) is 0 Å². The number of thiazole rings is 1. The molecule has 0 saturated carbocycles. The molecule has 0 aromatic carbocycles. The van der Waals surface area contributed by atoms with E-state index >= 15 is 0 Å². The molecule has 136 valence electrons. The van der Waals surface area contributed by atoms with E-state index in [1.54, 1.807) is 36.0 Å². The summed E-state index contributed by atoms with van der Waals surface area (Å²) in [7, 11) is 0. The molecule has 0 radical (unpaired) electrons. The summed E-state index contributed by atoms with van der Waals surface area (Å²) in [5.41, 5.74) is 0.168. The summed E-state index contributed by atoms with van der Waals surface area (Å²) in [6.45, 7) is -0.234. The highest BCUT2D eigenvalue weighted by Crippen LogP contribution is 2.14. The van der Waals surface area contributed by atoms with E-state index in [2.05, 4.69) is 15.3 Å². The van der Waals surface area contributed by atoms with E-state index in [9.17, 15) is 14.7 Å². The lowest BCUT2D eigenvalue weighted by Gasteiger charge is -2.13. The van der Waals surface area contributed by atoms with Crippen molar-refractivity contribution in [1.29, 1.82) is 5.41 Å². The van der Waals surface area contributed by atoms with Gasteiger partial charge in [0.1, 0.15) is 16.8 Å². The molecule has 0 aliphatic carbocycles. The second-order valence-electron chi connectivity index (χ2n) is 5.66. The fraction of sp³-hybridized carbons (Fsp3) is 0.118. The molecular formula is C17H14N6O3S. The first-order chi connectivity index (χ1) is 13.1. The maximum Gasteiger partial charge on any atom is 0.267 e. The minimum atomic E-state index is -0.555. The van der Waals surface area contributed by atoms with Crippen molar-refractivity contribution in [3.8, 4) is 0 Å². The molecule has 0 saturated heterocycles. The minimum absolute atomic E-state index is 0.000862. The zero-order valence-corrected chi connectivity index (χ0v) is 14.7. The van der Waals surface area contributed by atoms with E-state index < -0.39 is 5.91 Å². The standard InChI is InChI=1S/C17H14N6O3S/c18-13-10(15(25)21-17-19-4-8-27-17)9-11-14(23(13)6-7-24)20-12-3-1-2-5-22(12)16(11)26/h1-5,8-9,18,24H,6-7H2,(H,19,21,25). The molecule has 0 aliphatic heterocycles. The average Bonchev–Trinajstić information content (AvgIpc) is 3.17. The molecule has 1 amide bonds. The van der Waals surface area contributed by atoms with Gasteiger partial charge < -0.3 is 9.67 Å². The monoisotopic (exact) mass is 382 g/mol. The first-order valence-corrected chi connectivity index (χ1v) is 8.89. The number of rotatable bonds is 4. The summed E-state index contributed by atoms with van der Waals surface area (Å²) in [4.78, 5) is 34.0. The molecule has 4 rings (SSSR count). The Morgan fingerprint density at radius 2 is 2.22 bits per heavy atom. The van der Waals surface area contributed by atoms with Crippen LogP contribution in [0, 0.1) is 5.41 Å². The Morgan fingerprint density at radius 3 is 2.96 bits per heavy atom. The Bertz CT molecular complexity index is 1280. The fourth-order valence-corrected chi connectivity index (χ4v) is 3.35. The maximum absolute atomic E-state index is 12.9. The molecule has 10 heteroatoms. The molecule has 0 aliphatic rings. The first kappa shape index (κ1) is 17.1. The van der Waals surface area contributed by atoms with Gasteiger partial charge in [-0.15, -0.1) is 11.3 Å². The van der Waals surface area contributed by atoms with E-state index in [4.69, 9.17) is 5.41 Å². The number of nitrogens with one attached hydrogen (secondary N) is 2. The fourth-order valence-electron chi connectivity index (χ4n) is 2.83. The second kappa shape index (κ2) is 6.74. The number of amides is 1. The van der Waals surface area contributed by atoms with Gasteiger partial charge in [-0.05, 0) is 18.2 Å². The Labute approximate surface area is 155 Å². The van der Waals surface area contributed by atoms with Crippen LogP contribution in [0.4, 0.5) is 5.13 Å². The van der Waals surface area contributed by atoms with Crippen LogP contribution in [0.2, 0.25) is 0 Å². The molecule has 0 fully saturated rings. The predicted molar refractivity (Wildman–Crippen MR) is 100.0 cm³/mol. The third-order valence-corrected chi connectivity index (χ3v) is 4.73. The number of anilines is 1. The maximum atomic E-state index is 12.9. The molecule has 4 aromatic rings. The molecule has 4 aromatic heterocycles. The van der Waals surface area contributed by atoms with Gasteiger partial charge in [-0.25, -0.2) is 9.97 Å². The molecule has 0 unspecified atom stereocenters. The van der Waals surface area contributed by atoms with Crippen LogP contribution in [0.5, 0.6) is 0 Å². The van der Waals surface area contributed by atoms with Gasteiger partial charge in [0.25, 0.3) is 11.5 Å². The lowest BCUT2D eigenvalue weighted by Crippen LogP contribution is -2.32. The SMILES string of the molecule is N=c1c(C(=O)Nc2nccs2)cc2c(=O)n3ccccc3nc2n1CCO. The summed E-state index contributed by atoms with van der Waals surface area (Å²) < 4.78 is 2.73. The van der Waals surface area contributed by atoms with Crippen molar-refractivity contribution in [3.63, 3.8) is 0 Å². The number of nitrogens with zero attached hydrogens (tertiary/aromatic N) is 4. The van der Waals surface area contributed by atoms with Crippen LogP contribution in [0.3, 0.4) is 0 Å². The summed E-state index contributed by atoms with van der Waals surface area (Å²) in [5.74, 6) is -0.555. The van der Waals surface area contributed by atoms with Crippen LogP contribution >= 0.6 is 11.3 Å². The van der Waals surface area contributed by atoms with Gasteiger partial charge >= 0.3 is 0 Å². The summed E-state index contributed by atoms with van der Waals surface area (Å²) in [6, 6.07) is 6.50. The molecule has 9 nitrogen and oxygen atoms in total. The molecule has 0 spiro atoms. The molecule has 4 heterocycles. The van der Waals surface area contributed by atoms with Crippen LogP contribution in [0.1, 0.15) is 10.4 Å². The number of hydrogen-bond acceptors (Lipinski definition) is 7. The van der Waals surface area contributed by atoms with Crippen molar-refractivity contribution in [2.24, 2.45) is 0 Å². The minimum Gasteiger partial charge on any atom is -0.395 e. The van der Waals surface area contributed by atoms with Gasteiger partial charge in [-0.1, -0.05) is 6.07 Å². The first-order valence-electron chi connectivity index (χ1n) is 8.01. The Hall–Kier alpha value is -3.37. The smallest absolute Gasteiger partial charge is 0.267 e. The van der Waals surface area contributed by atoms with Crippen molar-refractivity contribution < 1.29 is 9.90 Å². The quantitative estimate of drug-likeness (QED) is 0.451. The lowest BCUT2D eigenvalue weighted by atomic mass is 10.2. The summed E-state index contributed by atoms with van der Waals surface area (Å²) >= 11 is 1.25. The van der Waals surface area contributed by atoms with Gasteiger partial charge in [0.15, 0.2) is 5.13 Å². The normalized spacial score (nSPS) is 11.1. The number of hydrogen-bond donors (Lipinski definition) is 3. The van der Waals surface area contributed by atoms with Crippen LogP contribution in [0.25, 0.3) is 16.7 Å². The highest BCUT2D eigenvalue weighted by Gasteiger charge is 2.18. The molecule has 3 N–H and O–H groups in total. The zero-order valence-electron chi connectivity index (χ0n) is 13.9. The molecular weight excluding hydrogens is 368 g/mol. The van der Waals surface area contributed by atoms with Crippen LogP contribution in [-0.2, 0) is 6.54 Å². The molecule has 0 atom stereocenters. The summed E-state index contributed by atoms with van der Waals surface area (Å²) in [5, 5.41) is 22.7. The van der Waals surface area contributed by atoms with Gasteiger partial charge in [0, 0.05) is 24.3 Å². The topological polar surface area (TPSA) is 125 Å². The summed E-state index contributed by atoms with van der Waals surface area (Å²) in [6.07, 6.45) is 3.14. The molecule has 27 heavy (non-hydrogen) atoms. The van der Waals surface area contributed by atoms with Gasteiger partial charge in [-0.3, -0.25) is 24.7 Å². The third-order valence-electron chi connectivity index (χ3n) is 4.04. The van der Waals surface area contributed by atoms with Crippen molar-refractivity contribution in [1.82, 2.24) is 18.9 Å². The predicted octanol–water partition coefficient (Wildman–Crippen LogP) is 0.830. The zero-order chi connectivity index (χ0) is 19.0. The second-order valence-corrected chi connectivity index (χ2v) is 6.55. The highest BCUT2D eigenvalue weighted by atomic mass is 32.1. The van der Waals surface area contributed by atoms with E-state index in [0.717, 1.165) is 0 Å². The van der Waals surface area contributed by atoms with E-state index in [0.29, 0.717) is 10.8 Å². The number of aliphatic hydroxyl groups is 1. The Morgan fingerprint density at radius 1 is 1.37 bits per heavy atom. The third kappa shape index (κ3) is 2.90. The van der Waals surface area contributed by atoms with Crippen LogP contribution < -0.4 is 16.4 Å². The highest BCUT2D eigenvalue weighted by molar-refractivity contribution is 7.13. The number of aliphatic hydroxyl groups excluding tert-OH is 1. The van der Waals surface area contributed by atoms with E-state index in [1.807, 2.05) is 0 Å². The van der Waals surface area contributed by atoms with Crippen LogP contribution in [-0.4, -0.2) is 36.6 Å². The number of aromatic nitrogens is 4. The van der Waals surface area contributed by atoms with E-state index in [1.165, 1.54) is 26.4 Å². The average molecular weight is 382 g/mol. The van der Waals surface area contributed by atoms with Crippen molar-refractivity contribution in [2.75, 3.05) is 11.9 Å². The number of carbonyl (C=O) groups is 1. The van der Waals surface area contributed by atoms with Crippen molar-refractivity contribution in [3.05, 3.63) is 63.4 Å². The van der Waals surface area contributed by atoms with E-state index in [-0.39, 0.29) is 40.8 Å². The number of fused-ring (bicyclic) bond motifs is 2. The van der Waals surface area contributed by atoms with Gasteiger partial charge in [0.05, 0.1) is 17.6 Å². The number of carbonyl (C=O) groups excluding carboxylic acids is 1. The Kier molecular flexibility index (Phi) is 4.26. The lowest BCUT2D eigenvalue weighted by molar-refractivity contribution is 0.102.